The Bertz CT molecular complexity index is 495. The number of esters is 1. The van der Waals surface area contributed by atoms with E-state index < -0.39 is 5.97 Å². The quantitative estimate of drug-likeness (QED) is 0.802. The second-order valence-corrected chi connectivity index (χ2v) is 5.82. The van der Waals surface area contributed by atoms with Gasteiger partial charge in [0, 0.05) is 18.1 Å². The summed E-state index contributed by atoms with van der Waals surface area (Å²) in [6.45, 7) is -0.214. The minimum atomic E-state index is -0.503. The van der Waals surface area contributed by atoms with Gasteiger partial charge in [-0.1, -0.05) is 30.9 Å². The maximum absolute atomic E-state index is 12.1. The van der Waals surface area contributed by atoms with Crippen molar-refractivity contribution in [2.24, 2.45) is 0 Å². The third kappa shape index (κ3) is 4.46. The zero-order valence-electron chi connectivity index (χ0n) is 12.2. The van der Waals surface area contributed by atoms with Crippen LogP contribution in [-0.2, 0) is 9.53 Å². The number of hydrogen-bond donors (Lipinski definition) is 0. The number of rotatable bonds is 4. The van der Waals surface area contributed by atoms with E-state index in [1.807, 2.05) is 0 Å². The van der Waals surface area contributed by atoms with Crippen LogP contribution in [-0.4, -0.2) is 36.5 Å². The number of carbonyl (C=O) groups excluding carboxylic acids is 2. The lowest BCUT2D eigenvalue weighted by Gasteiger charge is -2.31. The summed E-state index contributed by atoms with van der Waals surface area (Å²) in [5.41, 5.74) is 0.396. The Balaban J connectivity index is 1.82. The lowest BCUT2D eigenvalue weighted by Crippen LogP contribution is -2.40. The first kappa shape index (κ1) is 15.8. The Morgan fingerprint density at radius 3 is 2.43 bits per heavy atom. The number of hydrogen-bond acceptors (Lipinski definition) is 3. The molecule has 0 unspecified atom stereocenters. The van der Waals surface area contributed by atoms with Gasteiger partial charge in [-0.3, -0.25) is 4.79 Å². The molecular formula is C16H20ClNO3. The zero-order chi connectivity index (χ0) is 15.2. The van der Waals surface area contributed by atoms with Crippen LogP contribution in [0.5, 0.6) is 0 Å². The molecule has 0 heterocycles. The third-order valence-electron chi connectivity index (χ3n) is 3.92. The van der Waals surface area contributed by atoms with E-state index in [4.69, 9.17) is 16.3 Å². The van der Waals surface area contributed by atoms with Gasteiger partial charge in [0.25, 0.3) is 5.91 Å². The number of halogens is 1. The number of carbonyl (C=O) groups is 2. The van der Waals surface area contributed by atoms with E-state index in [1.165, 1.54) is 6.42 Å². The number of ether oxygens (including phenoxy) is 1. The summed E-state index contributed by atoms with van der Waals surface area (Å²) < 4.78 is 5.07. The average molecular weight is 310 g/mol. The average Bonchev–Trinajstić information content (AvgIpc) is 2.53. The molecule has 0 spiro atoms. The van der Waals surface area contributed by atoms with E-state index in [1.54, 1.807) is 36.2 Å². The second-order valence-electron chi connectivity index (χ2n) is 5.38. The van der Waals surface area contributed by atoms with Crippen LogP contribution in [0.25, 0.3) is 0 Å². The fourth-order valence-corrected chi connectivity index (χ4v) is 2.70. The molecule has 1 amide bonds. The molecule has 0 radical (unpaired) electrons. The van der Waals surface area contributed by atoms with Gasteiger partial charge in [-0.05, 0) is 37.1 Å². The molecule has 0 N–H and O–H groups in total. The summed E-state index contributed by atoms with van der Waals surface area (Å²) in [5.74, 6) is -0.652. The minimum absolute atomic E-state index is 0.149. The predicted octanol–water partition coefficient (Wildman–Crippen LogP) is 3.29. The van der Waals surface area contributed by atoms with E-state index in [9.17, 15) is 9.59 Å². The van der Waals surface area contributed by atoms with Crippen LogP contribution in [0.3, 0.4) is 0 Å². The lowest BCUT2D eigenvalue weighted by atomic mass is 9.94. The summed E-state index contributed by atoms with van der Waals surface area (Å²) in [5, 5.41) is 0.555. The smallest absolute Gasteiger partial charge is 0.338 e. The highest BCUT2D eigenvalue weighted by Crippen LogP contribution is 2.21. The van der Waals surface area contributed by atoms with Crippen molar-refractivity contribution < 1.29 is 14.3 Å². The molecule has 0 aromatic heterocycles. The van der Waals surface area contributed by atoms with Crippen molar-refractivity contribution >= 4 is 23.5 Å². The molecule has 21 heavy (non-hydrogen) atoms. The molecule has 0 bridgehead atoms. The molecule has 4 nitrogen and oxygen atoms in total. The molecule has 1 aromatic carbocycles. The maximum Gasteiger partial charge on any atom is 0.338 e. The van der Waals surface area contributed by atoms with E-state index in [-0.39, 0.29) is 18.6 Å². The molecule has 2 rings (SSSR count). The van der Waals surface area contributed by atoms with Crippen molar-refractivity contribution in [1.82, 2.24) is 4.90 Å². The van der Waals surface area contributed by atoms with E-state index in [2.05, 4.69) is 0 Å². The molecule has 1 saturated carbocycles. The van der Waals surface area contributed by atoms with Gasteiger partial charge in [-0.15, -0.1) is 0 Å². The molecule has 114 valence electrons. The van der Waals surface area contributed by atoms with E-state index in [0.29, 0.717) is 10.6 Å². The van der Waals surface area contributed by atoms with Crippen molar-refractivity contribution in [3.63, 3.8) is 0 Å². The predicted molar refractivity (Wildman–Crippen MR) is 81.4 cm³/mol. The highest BCUT2D eigenvalue weighted by molar-refractivity contribution is 6.30. The van der Waals surface area contributed by atoms with Crippen LogP contribution >= 0.6 is 11.6 Å². The van der Waals surface area contributed by atoms with Crippen LogP contribution in [0.1, 0.15) is 42.5 Å². The fourth-order valence-electron chi connectivity index (χ4n) is 2.57. The number of likely N-dealkylation sites (N-methyl/N-ethyl adjacent to an activating group) is 1. The Morgan fingerprint density at radius 2 is 1.81 bits per heavy atom. The molecule has 5 heteroatoms. The first-order valence-electron chi connectivity index (χ1n) is 7.26. The van der Waals surface area contributed by atoms with Gasteiger partial charge in [0.15, 0.2) is 6.61 Å². The highest BCUT2D eigenvalue weighted by atomic mass is 35.5. The van der Waals surface area contributed by atoms with E-state index >= 15 is 0 Å². The number of benzene rings is 1. The second kappa shape index (κ2) is 7.46. The van der Waals surface area contributed by atoms with Gasteiger partial charge in [0.05, 0.1) is 5.56 Å². The van der Waals surface area contributed by atoms with Crippen LogP contribution in [0, 0.1) is 0 Å². The monoisotopic (exact) mass is 309 g/mol. The van der Waals surface area contributed by atoms with Crippen molar-refractivity contribution in [1.29, 1.82) is 0 Å². The summed E-state index contributed by atoms with van der Waals surface area (Å²) in [7, 11) is 1.79. The number of amides is 1. The van der Waals surface area contributed by atoms with Gasteiger partial charge >= 0.3 is 5.97 Å². The van der Waals surface area contributed by atoms with Crippen LogP contribution in [0.15, 0.2) is 24.3 Å². The summed E-state index contributed by atoms with van der Waals surface area (Å²) in [6.07, 6.45) is 5.63. The summed E-state index contributed by atoms with van der Waals surface area (Å²) in [6, 6.07) is 6.68. The lowest BCUT2D eigenvalue weighted by molar-refractivity contribution is -0.135. The van der Waals surface area contributed by atoms with Crippen LogP contribution < -0.4 is 0 Å². The van der Waals surface area contributed by atoms with Gasteiger partial charge in [-0.2, -0.15) is 0 Å². The molecule has 0 aliphatic heterocycles. The Kier molecular flexibility index (Phi) is 5.62. The summed E-state index contributed by atoms with van der Waals surface area (Å²) >= 11 is 5.76. The molecule has 1 fully saturated rings. The van der Waals surface area contributed by atoms with Gasteiger partial charge < -0.3 is 9.64 Å². The molecule has 0 saturated heterocycles. The third-order valence-corrected chi connectivity index (χ3v) is 4.17. The Hall–Kier alpha value is -1.55. The van der Waals surface area contributed by atoms with Crippen molar-refractivity contribution in [3.8, 4) is 0 Å². The van der Waals surface area contributed by atoms with Crippen molar-refractivity contribution in [2.75, 3.05) is 13.7 Å². The number of nitrogens with zero attached hydrogens (tertiary/aromatic N) is 1. The first-order chi connectivity index (χ1) is 10.1. The first-order valence-corrected chi connectivity index (χ1v) is 7.64. The van der Waals surface area contributed by atoms with Gasteiger partial charge in [0.2, 0.25) is 0 Å². The topological polar surface area (TPSA) is 46.6 Å². The largest absolute Gasteiger partial charge is 0.452 e. The SMILES string of the molecule is CN(C(=O)COC(=O)c1ccc(Cl)cc1)C1CCCCC1. The zero-order valence-corrected chi connectivity index (χ0v) is 12.9. The minimum Gasteiger partial charge on any atom is -0.452 e. The maximum atomic E-state index is 12.1. The van der Waals surface area contributed by atoms with Crippen LogP contribution in [0.2, 0.25) is 5.02 Å². The van der Waals surface area contributed by atoms with Crippen LogP contribution in [0.4, 0.5) is 0 Å². The normalized spacial score (nSPS) is 15.5. The molecule has 1 aliphatic carbocycles. The highest BCUT2D eigenvalue weighted by Gasteiger charge is 2.22. The Morgan fingerprint density at radius 1 is 1.19 bits per heavy atom. The molecule has 0 atom stereocenters. The van der Waals surface area contributed by atoms with Crippen molar-refractivity contribution in [2.45, 2.75) is 38.1 Å². The molecular weight excluding hydrogens is 290 g/mol. The summed E-state index contributed by atoms with van der Waals surface area (Å²) in [4.78, 5) is 25.6. The fraction of sp³-hybridized carbons (Fsp3) is 0.500. The van der Waals surface area contributed by atoms with E-state index in [0.717, 1.165) is 25.7 Å². The van der Waals surface area contributed by atoms with Gasteiger partial charge in [0.1, 0.15) is 0 Å². The standard InChI is InChI=1S/C16H20ClNO3/c1-18(14-5-3-2-4-6-14)15(19)11-21-16(20)12-7-9-13(17)10-8-12/h7-10,14H,2-6,11H2,1H3. The van der Waals surface area contributed by atoms with Crippen molar-refractivity contribution in [3.05, 3.63) is 34.9 Å². The van der Waals surface area contributed by atoms with Gasteiger partial charge in [-0.25, -0.2) is 4.79 Å². The molecule has 1 aliphatic rings. The molecule has 1 aromatic rings. The Labute approximate surface area is 130 Å².